The van der Waals surface area contributed by atoms with Crippen LogP contribution in [0, 0.1) is 5.92 Å². The van der Waals surface area contributed by atoms with E-state index in [9.17, 15) is 24.3 Å². The highest BCUT2D eigenvalue weighted by Crippen LogP contribution is 2.32. The molecule has 0 heterocycles. The second-order valence-corrected chi connectivity index (χ2v) is 10.5. The smallest absolute Gasteiger partial charge is 0.480 e. The number of carboxylic acids is 1. The summed E-state index contributed by atoms with van der Waals surface area (Å²) < 4.78 is 21.3. The van der Waals surface area contributed by atoms with E-state index < -0.39 is 35.7 Å². The molecule has 0 amide bonds. The van der Waals surface area contributed by atoms with E-state index >= 15 is 0 Å². The third-order valence-electron chi connectivity index (χ3n) is 6.50. The molecular formula is C30H47NO9. The SMILES string of the molecule is CCCCCC(=O)Oc1ccc(CC(N)(C[C@H](C)OC(=O)OCC(C)CC)C(=O)O)cc1OC(=O)CCCCC. The van der Waals surface area contributed by atoms with E-state index in [4.69, 9.17) is 24.7 Å². The number of unbranched alkanes of at least 4 members (excludes halogenated alkanes) is 4. The monoisotopic (exact) mass is 565 g/mol. The van der Waals surface area contributed by atoms with Gasteiger partial charge < -0.3 is 29.8 Å². The highest BCUT2D eigenvalue weighted by Gasteiger charge is 2.37. The highest BCUT2D eigenvalue weighted by atomic mass is 16.7. The molecular weight excluding hydrogens is 518 g/mol. The molecule has 3 atom stereocenters. The van der Waals surface area contributed by atoms with Crippen molar-refractivity contribution < 1.29 is 43.2 Å². The van der Waals surface area contributed by atoms with Gasteiger partial charge in [0.05, 0.1) is 6.61 Å². The van der Waals surface area contributed by atoms with Crippen molar-refractivity contribution >= 4 is 24.1 Å². The minimum atomic E-state index is -1.81. The average Bonchev–Trinajstić information content (AvgIpc) is 2.88. The molecule has 0 aliphatic heterocycles. The molecule has 0 saturated carbocycles. The van der Waals surface area contributed by atoms with Crippen molar-refractivity contribution in [2.24, 2.45) is 11.7 Å². The Hall–Kier alpha value is -3.14. The summed E-state index contributed by atoms with van der Waals surface area (Å²) in [4.78, 5) is 49.0. The summed E-state index contributed by atoms with van der Waals surface area (Å²) in [7, 11) is 0. The maximum absolute atomic E-state index is 12.5. The number of carboxylic acid groups (broad SMARTS) is 1. The van der Waals surface area contributed by atoms with E-state index in [2.05, 4.69) is 0 Å². The molecule has 0 saturated heterocycles. The molecule has 40 heavy (non-hydrogen) atoms. The summed E-state index contributed by atoms with van der Waals surface area (Å²) in [5.74, 6) is -1.95. The Morgan fingerprint density at radius 2 is 1.48 bits per heavy atom. The Bertz CT molecular complexity index is 964. The minimum absolute atomic E-state index is 0.0218. The Kier molecular flexibility index (Phi) is 15.9. The van der Waals surface area contributed by atoms with Crippen LogP contribution in [0.15, 0.2) is 18.2 Å². The molecule has 0 aromatic heterocycles. The van der Waals surface area contributed by atoms with E-state index in [1.54, 1.807) is 13.0 Å². The quantitative estimate of drug-likeness (QED) is 0.117. The molecule has 0 radical (unpaired) electrons. The normalized spacial score (nSPS) is 13.9. The lowest BCUT2D eigenvalue weighted by atomic mass is 9.86. The lowest BCUT2D eigenvalue weighted by molar-refractivity contribution is -0.144. The topological polar surface area (TPSA) is 151 Å². The van der Waals surface area contributed by atoms with Gasteiger partial charge in [-0.15, -0.1) is 0 Å². The molecule has 0 spiro atoms. The molecule has 2 unspecified atom stereocenters. The van der Waals surface area contributed by atoms with Crippen LogP contribution in [-0.2, 0) is 30.3 Å². The first-order valence-corrected chi connectivity index (χ1v) is 14.3. The molecule has 3 N–H and O–H groups in total. The first kappa shape index (κ1) is 34.9. The predicted molar refractivity (Wildman–Crippen MR) is 150 cm³/mol. The standard InChI is InChI=1S/C30H47NO9/c1-6-9-11-13-26(32)39-24-16-15-23(17-25(24)40-27(33)14-12-10-7-2)19-30(31,28(34)35)18-22(5)38-29(36)37-20-21(4)8-3/h15-17,21-22H,6-14,18-20,31H2,1-5H3,(H,34,35)/t21?,22-,30?/m0/s1. The van der Waals surface area contributed by atoms with Crippen molar-refractivity contribution in [3.05, 3.63) is 23.8 Å². The van der Waals surface area contributed by atoms with Gasteiger partial charge in [-0.2, -0.15) is 0 Å². The lowest BCUT2D eigenvalue weighted by Crippen LogP contribution is -2.52. The van der Waals surface area contributed by atoms with Crippen molar-refractivity contribution in [3.63, 3.8) is 0 Å². The summed E-state index contributed by atoms with van der Waals surface area (Å²) in [6.07, 6.45) is 4.15. The van der Waals surface area contributed by atoms with Gasteiger partial charge in [-0.25, -0.2) is 4.79 Å². The van der Waals surface area contributed by atoms with Crippen LogP contribution in [0.3, 0.4) is 0 Å². The van der Waals surface area contributed by atoms with Crippen molar-refractivity contribution in [1.29, 1.82) is 0 Å². The Morgan fingerprint density at radius 3 is 2.00 bits per heavy atom. The number of ether oxygens (including phenoxy) is 4. The van der Waals surface area contributed by atoms with Gasteiger partial charge in [0.2, 0.25) is 0 Å². The second kappa shape index (κ2) is 18.3. The number of rotatable bonds is 19. The third kappa shape index (κ3) is 13.3. The van der Waals surface area contributed by atoms with Gasteiger partial charge in [0.25, 0.3) is 0 Å². The number of hydrogen-bond acceptors (Lipinski definition) is 9. The van der Waals surface area contributed by atoms with Crippen LogP contribution < -0.4 is 15.2 Å². The number of carbonyl (C=O) groups excluding carboxylic acids is 3. The molecule has 0 fully saturated rings. The van der Waals surface area contributed by atoms with Crippen molar-refractivity contribution in [2.45, 2.75) is 117 Å². The first-order chi connectivity index (χ1) is 18.9. The van der Waals surface area contributed by atoms with Gasteiger partial charge in [-0.3, -0.25) is 14.4 Å². The third-order valence-corrected chi connectivity index (χ3v) is 6.50. The summed E-state index contributed by atoms with van der Waals surface area (Å²) >= 11 is 0. The zero-order valence-electron chi connectivity index (χ0n) is 24.7. The van der Waals surface area contributed by atoms with Gasteiger partial charge in [0.15, 0.2) is 11.5 Å². The van der Waals surface area contributed by atoms with Crippen LogP contribution in [0.2, 0.25) is 0 Å². The molecule has 0 aliphatic carbocycles. The fraction of sp³-hybridized carbons (Fsp3) is 0.667. The zero-order valence-corrected chi connectivity index (χ0v) is 24.7. The molecule has 10 heteroatoms. The number of nitrogens with two attached hydrogens (primary N) is 1. The molecule has 1 aromatic rings. The number of carbonyl (C=O) groups is 4. The summed E-state index contributed by atoms with van der Waals surface area (Å²) in [5, 5.41) is 9.94. The largest absolute Gasteiger partial charge is 0.508 e. The molecule has 1 aromatic carbocycles. The highest BCUT2D eigenvalue weighted by molar-refractivity contribution is 5.79. The van der Waals surface area contributed by atoms with Gasteiger partial charge in [0.1, 0.15) is 11.6 Å². The van der Waals surface area contributed by atoms with Crippen LogP contribution in [0.25, 0.3) is 0 Å². The van der Waals surface area contributed by atoms with E-state index in [1.807, 2.05) is 27.7 Å². The fourth-order valence-corrected chi connectivity index (χ4v) is 3.89. The van der Waals surface area contributed by atoms with Gasteiger partial charge in [-0.05, 0) is 43.4 Å². The molecule has 1 rings (SSSR count). The summed E-state index contributed by atoms with van der Waals surface area (Å²) in [5.41, 5.74) is 4.92. The van der Waals surface area contributed by atoms with Crippen LogP contribution in [0.5, 0.6) is 11.5 Å². The van der Waals surface area contributed by atoms with Gasteiger partial charge in [0, 0.05) is 25.7 Å². The van der Waals surface area contributed by atoms with Gasteiger partial charge >= 0.3 is 24.1 Å². The fourth-order valence-electron chi connectivity index (χ4n) is 3.89. The molecule has 0 bridgehead atoms. The van der Waals surface area contributed by atoms with Crippen molar-refractivity contribution in [3.8, 4) is 11.5 Å². The number of benzene rings is 1. The van der Waals surface area contributed by atoms with Crippen molar-refractivity contribution in [2.75, 3.05) is 6.61 Å². The Labute approximate surface area is 237 Å². The molecule has 0 aliphatic rings. The van der Waals surface area contributed by atoms with Crippen LogP contribution >= 0.6 is 0 Å². The van der Waals surface area contributed by atoms with E-state index in [0.29, 0.717) is 18.4 Å². The molecule has 10 nitrogen and oxygen atoms in total. The Morgan fingerprint density at radius 1 is 0.900 bits per heavy atom. The van der Waals surface area contributed by atoms with E-state index in [0.717, 1.165) is 32.1 Å². The number of aliphatic carboxylic acids is 1. The summed E-state index contributed by atoms with van der Waals surface area (Å²) in [6.45, 7) is 9.70. The van der Waals surface area contributed by atoms with Crippen LogP contribution in [0.1, 0.15) is 104 Å². The van der Waals surface area contributed by atoms with Crippen molar-refractivity contribution in [1.82, 2.24) is 0 Å². The maximum atomic E-state index is 12.5. The second-order valence-electron chi connectivity index (χ2n) is 10.5. The van der Waals surface area contributed by atoms with Gasteiger partial charge in [-0.1, -0.05) is 65.9 Å². The predicted octanol–water partition coefficient (Wildman–Crippen LogP) is 5.96. The summed E-state index contributed by atoms with van der Waals surface area (Å²) in [6, 6.07) is 4.50. The van der Waals surface area contributed by atoms with E-state index in [-0.39, 0.29) is 49.7 Å². The average molecular weight is 566 g/mol. The van der Waals surface area contributed by atoms with Crippen LogP contribution in [0.4, 0.5) is 4.79 Å². The molecule has 226 valence electrons. The minimum Gasteiger partial charge on any atom is -0.480 e. The number of hydrogen-bond donors (Lipinski definition) is 2. The number of esters is 2. The Balaban J connectivity index is 3.06. The van der Waals surface area contributed by atoms with Crippen LogP contribution in [-0.4, -0.2) is 47.4 Å². The maximum Gasteiger partial charge on any atom is 0.508 e. The lowest BCUT2D eigenvalue weighted by Gasteiger charge is -2.28. The van der Waals surface area contributed by atoms with E-state index in [1.165, 1.54) is 12.1 Å². The first-order valence-electron chi connectivity index (χ1n) is 14.3. The zero-order chi connectivity index (χ0) is 30.1.